The summed E-state index contributed by atoms with van der Waals surface area (Å²) in [6.07, 6.45) is 3.07. The largest absolute Gasteiger partial charge is 0.444 e. The molecule has 0 spiro atoms. The summed E-state index contributed by atoms with van der Waals surface area (Å²) in [6, 6.07) is 0. The van der Waals surface area contributed by atoms with Crippen LogP contribution in [-0.2, 0) is 11.8 Å². The third-order valence-corrected chi connectivity index (χ3v) is 1.98. The molecule has 0 aliphatic rings. The standard InChI is InChI=1S/C11H16BrN3O2/c1-11(2,3)17-10(16)13-9-8(5-6-12)7-15(4)14-9/h5-7H,1-4H3,(H,13,14,16)/b6-5+. The SMILES string of the molecule is Cn1cc(/C=C/Br)c(NC(=O)OC(C)(C)C)n1. The zero-order valence-corrected chi connectivity index (χ0v) is 11.9. The molecule has 0 saturated heterocycles. The number of carbonyl (C=O) groups is 1. The Balaban J connectivity index is 2.77. The smallest absolute Gasteiger partial charge is 0.413 e. The van der Waals surface area contributed by atoms with Crippen molar-refractivity contribution in [1.82, 2.24) is 9.78 Å². The number of aromatic nitrogens is 2. The van der Waals surface area contributed by atoms with Gasteiger partial charge in [0.2, 0.25) is 0 Å². The molecule has 0 fully saturated rings. The van der Waals surface area contributed by atoms with Crippen molar-refractivity contribution < 1.29 is 9.53 Å². The Kier molecular flexibility index (Phi) is 4.34. The van der Waals surface area contributed by atoms with Crippen LogP contribution in [0.15, 0.2) is 11.2 Å². The molecule has 0 aliphatic heterocycles. The number of amides is 1. The molecule has 1 aromatic heterocycles. The molecular formula is C11H16BrN3O2. The van der Waals surface area contributed by atoms with E-state index in [1.54, 1.807) is 29.0 Å². The highest BCUT2D eigenvalue weighted by atomic mass is 79.9. The molecule has 5 nitrogen and oxygen atoms in total. The second kappa shape index (κ2) is 5.35. The number of carbonyl (C=O) groups excluding carboxylic acids is 1. The first kappa shape index (κ1) is 13.8. The molecule has 0 saturated carbocycles. The van der Waals surface area contributed by atoms with Gasteiger partial charge in [0.1, 0.15) is 5.60 Å². The number of rotatable bonds is 2. The number of aryl methyl sites for hydroxylation is 1. The highest BCUT2D eigenvalue weighted by Crippen LogP contribution is 2.16. The summed E-state index contributed by atoms with van der Waals surface area (Å²) in [6.45, 7) is 5.43. The minimum absolute atomic E-state index is 0.470. The van der Waals surface area contributed by atoms with Crippen LogP contribution in [0.2, 0.25) is 0 Å². The van der Waals surface area contributed by atoms with E-state index >= 15 is 0 Å². The fraction of sp³-hybridized carbons (Fsp3) is 0.455. The third kappa shape index (κ3) is 4.60. The monoisotopic (exact) mass is 301 g/mol. The summed E-state index contributed by atoms with van der Waals surface area (Å²) in [5.41, 5.74) is 0.278. The van der Waals surface area contributed by atoms with Gasteiger partial charge in [-0.15, -0.1) is 0 Å². The van der Waals surface area contributed by atoms with Crippen molar-refractivity contribution in [1.29, 1.82) is 0 Å². The van der Waals surface area contributed by atoms with Crippen LogP contribution < -0.4 is 5.32 Å². The molecule has 0 atom stereocenters. The number of hydrogen-bond acceptors (Lipinski definition) is 3. The molecule has 1 amide bonds. The van der Waals surface area contributed by atoms with Crippen LogP contribution in [0.3, 0.4) is 0 Å². The number of anilines is 1. The van der Waals surface area contributed by atoms with E-state index < -0.39 is 11.7 Å². The average molecular weight is 302 g/mol. The predicted octanol–water partition coefficient (Wildman–Crippen LogP) is 3.13. The zero-order chi connectivity index (χ0) is 13.1. The molecule has 0 radical (unpaired) electrons. The van der Waals surface area contributed by atoms with E-state index in [4.69, 9.17) is 4.74 Å². The van der Waals surface area contributed by atoms with Crippen LogP contribution in [0.1, 0.15) is 26.3 Å². The van der Waals surface area contributed by atoms with Gasteiger partial charge in [-0.3, -0.25) is 10.00 Å². The van der Waals surface area contributed by atoms with Crippen LogP contribution in [0.25, 0.3) is 6.08 Å². The van der Waals surface area contributed by atoms with Crippen molar-refractivity contribution in [3.05, 3.63) is 16.7 Å². The van der Waals surface area contributed by atoms with Crippen molar-refractivity contribution in [2.45, 2.75) is 26.4 Å². The van der Waals surface area contributed by atoms with E-state index in [2.05, 4.69) is 26.3 Å². The maximum Gasteiger partial charge on any atom is 0.413 e. The highest BCUT2D eigenvalue weighted by molar-refractivity contribution is 9.11. The lowest BCUT2D eigenvalue weighted by molar-refractivity contribution is 0.0635. The van der Waals surface area contributed by atoms with Crippen molar-refractivity contribution in [2.24, 2.45) is 7.05 Å². The Hall–Kier alpha value is -1.30. The number of ether oxygens (including phenoxy) is 1. The average Bonchev–Trinajstić information content (AvgIpc) is 2.43. The quantitative estimate of drug-likeness (QED) is 0.913. The lowest BCUT2D eigenvalue weighted by Crippen LogP contribution is -2.27. The van der Waals surface area contributed by atoms with E-state index in [9.17, 15) is 4.79 Å². The van der Waals surface area contributed by atoms with Gasteiger partial charge < -0.3 is 4.74 Å². The molecule has 0 unspecified atom stereocenters. The van der Waals surface area contributed by atoms with E-state index in [0.29, 0.717) is 5.82 Å². The maximum absolute atomic E-state index is 11.6. The second-order valence-corrected chi connectivity index (χ2v) is 5.05. The Morgan fingerprint density at radius 2 is 2.24 bits per heavy atom. The summed E-state index contributed by atoms with van der Waals surface area (Å²) in [5, 5.41) is 6.74. The lowest BCUT2D eigenvalue weighted by atomic mass is 10.2. The maximum atomic E-state index is 11.6. The van der Waals surface area contributed by atoms with Crippen LogP contribution >= 0.6 is 15.9 Å². The molecule has 0 bridgehead atoms. The van der Waals surface area contributed by atoms with Crippen molar-refractivity contribution in [3.8, 4) is 0 Å². The molecular weight excluding hydrogens is 286 g/mol. The Morgan fingerprint density at radius 3 is 2.76 bits per heavy atom. The first-order chi connectivity index (χ1) is 7.81. The molecule has 0 aromatic carbocycles. The molecule has 6 heteroatoms. The van der Waals surface area contributed by atoms with Crippen molar-refractivity contribution >= 4 is 33.9 Å². The van der Waals surface area contributed by atoms with Gasteiger partial charge >= 0.3 is 6.09 Å². The lowest BCUT2D eigenvalue weighted by Gasteiger charge is -2.19. The van der Waals surface area contributed by atoms with E-state index in [1.165, 1.54) is 0 Å². The fourth-order valence-electron chi connectivity index (χ4n) is 1.19. The van der Waals surface area contributed by atoms with Crippen LogP contribution in [0.4, 0.5) is 10.6 Å². The van der Waals surface area contributed by atoms with Crippen LogP contribution in [0, 0.1) is 0 Å². The van der Waals surface area contributed by atoms with Gasteiger partial charge in [-0.25, -0.2) is 4.79 Å². The summed E-state index contributed by atoms with van der Waals surface area (Å²) < 4.78 is 6.77. The van der Waals surface area contributed by atoms with Gasteiger partial charge in [0.05, 0.1) is 0 Å². The molecule has 94 valence electrons. The summed E-state index contributed by atoms with van der Waals surface area (Å²) >= 11 is 3.18. The number of hydrogen-bond donors (Lipinski definition) is 1. The van der Waals surface area contributed by atoms with Crippen LogP contribution in [-0.4, -0.2) is 21.5 Å². The molecule has 1 aromatic rings. The van der Waals surface area contributed by atoms with Crippen molar-refractivity contribution in [3.63, 3.8) is 0 Å². The minimum atomic E-state index is -0.524. The predicted molar refractivity (Wildman–Crippen MR) is 71.0 cm³/mol. The Morgan fingerprint density at radius 1 is 1.59 bits per heavy atom. The van der Waals surface area contributed by atoms with E-state index in [-0.39, 0.29) is 0 Å². The van der Waals surface area contributed by atoms with Crippen molar-refractivity contribution in [2.75, 3.05) is 5.32 Å². The first-order valence-electron chi connectivity index (χ1n) is 5.12. The number of nitrogens with one attached hydrogen (secondary N) is 1. The Labute approximate surface area is 109 Å². The fourth-order valence-corrected chi connectivity index (χ4v) is 1.48. The van der Waals surface area contributed by atoms with Gasteiger partial charge in [0.25, 0.3) is 0 Å². The first-order valence-corrected chi connectivity index (χ1v) is 6.04. The van der Waals surface area contributed by atoms with Gasteiger partial charge in [0.15, 0.2) is 5.82 Å². The molecule has 0 aliphatic carbocycles. The molecule has 1 N–H and O–H groups in total. The van der Waals surface area contributed by atoms with E-state index in [0.717, 1.165) is 5.56 Å². The zero-order valence-electron chi connectivity index (χ0n) is 10.3. The number of nitrogens with zero attached hydrogens (tertiary/aromatic N) is 2. The molecule has 1 heterocycles. The molecule has 17 heavy (non-hydrogen) atoms. The van der Waals surface area contributed by atoms with Gasteiger partial charge in [0, 0.05) is 18.8 Å². The van der Waals surface area contributed by atoms with Gasteiger partial charge in [-0.05, 0) is 31.8 Å². The number of halogens is 1. The third-order valence-electron chi connectivity index (χ3n) is 1.72. The van der Waals surface area contributed by atoms with Gasteiger partial charge in [-0.1, -0.05) is 15.9 Å². The van der Waals surface area contributed by atoms with Crippen LogP contribution in [0.5, 0.6) is 0 Å². The van der Waals surface area contributed by atoms with Gasteiger partial charge in [-0.2, -0.15) is 5.10 Å². The van der Waals surface area contributed by atoms with E-state index in [1.807, 2.05) is 20.8 Å². The Bertz CT molecular complexity index is 432. The summed E-state index contributed by atoms with van der Waals surface area (Å²) in [4.78, 5) is 13.3. The molecule has 1 rings (SSSR count). The second-order valence-electron chi connectivity index (χ2n) is 4.53. The highest BCUT2D eigenvalue weighted by Gasteiger charge is 2.18. The summed E-state index contributed by atoms with van der Waals surface area (Å²) in [5.74, 6) is 0.470. The topological polar surface area (TPSA) is 56.2 Å². The normalized spacial score (nSPS) is 11.8. The minimum Gasteiger partial charge on any atom is -0.444 e. The summed E-state index contributed by atoms with van der Waals surface area (Å²) in [7, 11) is 1.78.